The van der Waals surface area contributed by atoms with E-state index in [4.69, 9.17) is 21.1 Å². The summed E-state index contributed by atoms with van der Waals surface area (Å²) in [6, 6.07) is 12.3. The van der Waals surface area contributed by atoms with Gasteiger partial charge in [0.1, 0.15) is 17.4 Å². The van der Waals surface area contributed by atoms with Gasteiger partial charge >= 0.3 is 0 Å². The second-order valence-electron chi connectivity index (χ2n) is 12.3. The molecule has 226 valence electrons. The van der Waals surface area contributed by atoms with Crippen molar-refractivity contribution in [2.24, 2.45) is 23.7 Å². The molecule has 3 unspecified atom stereocenters. The molecule has 5 rings (SSSR count). The Kier molecular flexibility index (Phi) is 8.31. The van der Waals surface area contributed by atoms with Crippen molar-refractivity contribution in [3.63, 3.8) is 0 Å². The molecule has 3 N–H and O–H groups in total. The molecule has 2 aromatic carbocycles. The number of rotatable bonds is 10. The van der Waals surface area contributed by atoms with Gasteiger partial charge in [-0.1, -0.05) is 44.5 Å². The molecule has 0 aliphatic carbocycles. The van der Waals surface area contributed by atoms with Gasteiger partial charge in [-0.3, -0.25) is 14.4 Å². The van der Waals surface area contributed by atoms with Crippen LogP contribution in [-0.4, -0.2) is 64.2 Å². The third kappa shape index (κ3) is 4.95. The van der Waals surface area contributed by atoms with Gasteiger partial charge in [-0.2, -0.15) is 0 Å². The maximum atomic E-state index is 14.5. The summed E-state index contributed by atoms with van der Waals surface area (Å²) in [5.41, 5.74) is -1.24. The van der Waals surface area contributed by atoms with Gasteiger partial charge in [-0.15, -0.1) is 0 Å². The number of likely N-dealkylation sites (tertiary alicyclic amines) is 1. The van der Waals surface area contributed by atoms with Crippen LogP contribution in [0.1, 0.15) is 47.5 Å². The van der Waals surface area contributed by atoms with Crippen LogP contribution in [0.25, 0.3) is 0 Å². The van der Waals surface area contributed by atoms with E-state index in [-0.39, 0.29) is 30.3 Å². The van der Waals surface area contributed by atoms with E-state index >= 15 is 0 Å². The first-order valence-corrected chi connectivity index (χ1v) is 15.1. The number of hydrogen-bond acceptors (Lipinski definition) is 6. The van der Waals surface area contributed by atoms with Crippen molar-refractivity contribution in [3.05, 3.63) is 53.6 Å². The van der Waals surface area contributed by atoms with Gasteiger partial charge in [-0.25, -0.2) is 0 Å². The molecule has 1 spiro atoms. The summed E-state index contributed by atoms with van der Waals surface area (Å²) in [6.07, 6.45) is 0.903. The second-order valence-corrected chi connectivity index (χ2v) is 12.7. The first-order chi connectivity index (χ1) is 20.0. The van der Waals surface area contributed by atoms with Crippen molar-refractivity contribution >= 4 is 40.7 Å². The van der Waals surface area contributed by atoms with Gasteiger partial charge in [0.2, 0.25) is 17.7 Å². The van der Waals surface area contributed by atoms with Crippen molar-refractivity contribution in [1.29, 1.82) is 0 Å². The molecular weight excluding hydrogens is 558 g/mol. The van der Waals surface area contributed by atoms with E-state index in [2.05, 4.69) is 10.6 Å². The lowest BCUT2D eigenvalue weighted by molar-refractivity contribution is -0.148. The highest BCUT2D eigenvalue weighted by atomic mass is 35.5. The zero-order chi connectivity index (χ0) is 30.4. The van der Waals surface area contributed by atoms with Crippen LogP contribution in [0.2, 0.25) is 5.02 Å². The Hall–Kier alpha value is -3.14. The number of carbonyl (C=O) groups is 3. The number of hydrogen-bond donors (Lipinski definition) is 3. The van der Waals surface area contributed by atoms with Crippen molar-refractivity contribution in [1.82, 2.24) is 4.90 Å². The van der Waals surface area contributed by atoms with Crippen LogP contribution in [0.15, 0.2) is 48.5 Å². The lowest BCUT2D eigenvalue weighted by Gasteiger charge is -2.37. The molecule has 3 fully saturated rings. The fraction of sp³-hybridized carbons (Fsp3) is 0.531. The van der Waals surface area contributed by atoms with Crippen molar-refractivity contribution in [2.45, 2.75) is 70.7 Å². The summed E-state index contributed by atoms with van der Waals surface area (Å²) in [7, 11) is 0. The summed E-state index contributed by atoms with van der Waals surface area (Å²) in [5, 5.41) is 16.7. The number of fused-ring (bicyclic) bond motifs is 1. The molecule has 9 nitrogen and oxygen atoms in total. The number of amides is 3. The number of aliphatic hydroxyl groups is 1. The summed E-state index contributed by atoms with van der Waals surface area (Å²) in [6.45, 7) is 9.97. The van der Waals surface area contributed by atoms with E-state index in [1.54, 1.807) is 48.5 Å². The number of halogens is 1. The number of carbonyl (C=O) groups excluding carboxylic acids is 3. The predicted octanol–water partition coefficient (Wildman–Crippen LogP) is 4.73. The maximum Gasteiger partial charge on any atom is 0.250 e. The molecule has 2 aromatic rings. The molecule has 10 heteroatoms. The van der Waals surface area contributed by atoms with Crippen LogP contribution < -0.4 is 15.4 Å². The fourth-order valence-corrected chi connectivity index (χ4v) is 7.56. The second kappa shape index (κ2) is 11.5. The summed E-state index contributed by atoms with van der Waals surface area (Å²) >= 11 is 6.37. The Labute approximate surface area is 251 Å². The average molecular weight is 598 g/mol. The SMILES string of the molecule is CCOc1ccc(NC(=O)[C@H]2[C@H]3C(=O)N([C@@H](CO)CC(C)C)C(C(=O)Nc4ccccc4Cl)C34CC(C)[C@]2(C)O4)cc1. The minimum absolute atomic E-state index is 0.120. The Morgan fingerprint density at radius 2 is 1.83 bits per heavy atom. The molecule has 3 saturated heterocycles. The summed E-state index contributed by atoms with van der Waals surface area (Å²) in [4.78, 5) is 44.2. The van der Waals surface area contributed by atoms with E-state index in [1.165, 1.54) is 4.90 Å². The van der Waals surface area contributed by atoms with E-state index in [9.17, 15) is 19.5 Å². The van der Waals surface area contributed by atoms with Gasteiger partial charge < -0.3 is 30.1 Å². The number of aliphatic hydroxyl groups excluding tert-OH is 1. The molecular formula is C32H40ClN3O6. The zero-order valence-electron chi connectivity index (χ0n) is 24.7. The van der Waals surface area contributed by atoms with Gasteiger partial charge in [-0.05, 0) is 74.9 Å². The van der Waals surface area contributed by atoms with E-state index < -0.39 is 41.0 Å². The zero-order valence-corrected chi connectivity index (χ0v) is 25.5. The quantitative estimate of drug-likeness (QED) is 0.364. The van der Waals surface area contributed by atoms with Crippen molar-refractivity contribution in [3.8, 4) is 5.75 Å². The Bertz CT molecular complexity index is 1350. The normalized spacial score (nSPS) is 30.4. The average Bonchev–Trinajstić information content (AvgIpc) is 3.46. The Morgan fingerprint density at radius 1 is 1.14 bits per heavy atom. The molecule has 3 amide bonds. The molecule has 2 bridgehead atoms. The number of ether oxygens (including phenoxy) is 2. The summed E-state index contributed by atoms with van der Waals surface area (Å²) in [5.74, 6) is -2.18. The number of anilines is 2. The van der Waals surface area contributed by atoms with Gasteiger partial charge in [0, 0.05) is 5.69 Å². The molecule has 0 saturated carbocycles. The van der Waals surface area contributed by atoms with Gasteiger partial charge in [0.25, 0.3) is 0 Å². The highest BCUT2D eigenvalue weighted by molar-refractivity contribution is 6.33. The Balaban J connectivity index is 1.54. The van der Waals surface area contributed by atoms with Gasteiger partial charge in [0.05, 0.1) is 47.4 Å². The number of para-hydroxylation sites is 1. The highest BCUT2D eigenvalue weighted by Crippen LogP contribution is 2.65. The third-order valence-corrected chi connectivity index (χ3v) is 9.53. The third-order valence-electron chi connectivity index (χ3n) is 9.20. The van der Waals surface area contributed by atoms with Crippen LogP contribution in [0.4, 0.5) is 11.4 Å². The van der Waals surface area contributed by atoms with Gasteiger partial charge in [0.15, 0.2) is 0 Å². The van der Waals surface area contributed by atoms with E-state index in [1.807, 2.05) is 34.6 Å². The number of nitrogens with one attached hydrogen (secondary N) is 2. The fourth-order valence-electron chi connectivity index (χ4n) is 7.37. The van der Waals surface area contributed by atoms with Crippen LogP contribution in [0.5, 0.6) is 5.75 Å². The lowest BCUT2D eigenvalue weighted by Crippen LogP contribution is -2.56. The molecule has 3 aliphatic heterocycles. The molecule has 3 heterocycles. The largest absolute Gasteiger partial charge is 0.494 e. The standard InChI is InChI=1S/C32H40ClN3O6/c1-6-41-22-13-11-20(12-14-22)34-28(38)25-26-30(40)36(21(17-37)15-18(2)3)27(32(26)16-19(4)31(25,5)42-32)29(39)35-24-10-8-7-9-23(24)33/h7-14,18-19,21,25-27,37H,6,15-17H2,1-5H3,(H,34,38)(H,35,39)/t19?,21-,25-,26+,27?,31+,32?/m1/s1. The van der Waals surface area contributed by atoms with Crippen LogP contribution in [0.3, 0.4) is 0 Å². The van der Waals surface area contributed by atoms with E-state index in [0.717, 1.165) is 0 Å². The first-order valence-electron chi connectivity index (χ1n) is 14.7. The number of benzene rings is 2. The van der Waals surface area contributed by atoms with Crippen molar-refractivity contribution < 1.29 is 29.0 Å². The molecule has 0 radical (unpaired) electrons. The van der Waals surface area contributed by atoms with Crippen LogP contribution in [0, 0.1) is 23.7 Å². The molecule has 0 aromatic heterocycles. The monoisotopic (exact) mass is 597 g/mol. The lowest BCUT2D eigenvalue weighted by atomic mass is 9.62. The smallest absolute Gasteiger partial charge is 0.250 e. The molecule has 3 aliphatic rings. The highest BCUT2D eigenvalue weighted by Gasteiger charge is 2.80. The topological polar surface area (TPSA) is 117 Å². The van der Waals surface area contributed by atoms with E-state index in [0.29, 0.717) is 41.6 Å². The molecule has 7 atom stereocenters. The predicted molar refractivity (Wildman–Crippen MR) is 160 cm³/mol. The van der Waals surface area contributed by atoms with Crippen LogP contribution >= 0.6 is 11.6 Å². The molecule has 42 heavy (non-hydrogen) atoms. The minimum Gasteiger partial charge on any atom is -0.494 e. The van der Waals surface area contributed by atoms with Crippen molar-refractivity contribution in [2.75, 3.05) is 23.8 Å². The Morgan fingerprint density at radius 3 is 2.45 bits per heavy atom. The van der Waals surface area contributed by atoms with Crippen LogP contribution in [-0.2, 0) is 19.1 Å². The number of nitrogens with zero attached hydrogens (tertiary/aromatic N) is 1. The summed E-state index contributed by atoms with van der Waals surface area (Å²) < 4.78 is 12.3. The maximum absolute atomic E-state index is 14.5. The first kappa shape index (κ1) is 30.3. The minimum atomic E-state index is -1.25.